The smallest absolute Gasteiger partial charge is 0.101 e. The summed E-state index contributed by atoms with van der Waals surface area (Å²) >= 11 is 5.36. The summed E-state index contributed by atoms with van der Waals surface area (Å²) in [5.41, 5.74) is 1.68. The normalized spacial score (nSPS) is 23.4. The van der Waals surface area contributed by atoms with Gasteiger partial charge in [-0.3, -0.25) is 0 Å². The molecule has 0 saturated heterocycles. The molecule has 1 saturated carbocycles. The van der Waals surface area contributed by atoms with Crippen molar-refractivity contribution in [1.29, 1.82) is 5.26 Å². The van der Waals surface area contributed by atoms with Crippen molar-refractivity contribution in [1.82, 2.24) is 0 Å². The van der Waals surface area contributed by atoms with E-state index in [2.05, 4.69) is 33.6 Å². The molecule has 2 rings (SSSR count). The summed E-state index contributed by atoms with van der Waals surface area (Å²) in [7, 11) is 0. The summed E-state index contributed by atoms with van der Waals surface area (Å²) in [5.74, 6) is 0. The highest BCUT2D eigenvalue weighted by Crippen LogP contribution is 2.30. The molecule has 0 aliphatic heterocycles. The van der Waals surface area contributed by atoms with Gasteiger partial charge in [-0.05, 0) is 43.7 Å². The predicted molar refractivity (Wildman–Crippen MR) is 82.0 cm³/mol. The van der Waals surface area contributed by atoms with Crippen LogP contribution in [0.15, 0.2) is 22.7 Å². The summed E-state index contributed by atoms with van der Waals surface area (Å²) in [4.78, 5) is 0. The number of nitrogens with one attached hydrogen (secondary N) is 1. The number of hydrogen-bond acceptors (Lipinski definition) is 3. The molecule has 0 radical (unpaired) electrons. The van der Waals surface area contributed by atoms with E-state index in [9.17, 15) is 0 Å². The third kappa shape index (κ3) is 3.43. The van der Waals surface area contributed by atoms with E-state index in [1.165, 1.54) is 25.7 Å². The zero-order valence-corrected chi connectivity index (χ0v) is 12.9. The molecule has 0 amide bonds. The van der Waals surface area contributed by atoms with Crippen LogP contribution in [0.4, 0.5) is 5.69 Å². The zero-order chi connectivity index (χ0) is 13.0. The van der Waals surface area contributed by atoms with Crippen LogP contribution in [0.25, 0.3) is 0 Å². The van der Waals surface area contributed by atoms with Crippen molar-refractivity contribution in [2.24, 2.45) is 0 Å². The zero-order valence-electron chi connectivity index (χ0n) is 10.4. The summed E-state index contributed by atoms with van der Waals surface area (Å²) in [5, 5.41) is 13.5. The topological polar surface area (TPSA) is 35.8 Å². The third-order valence-corrected chi connectivity index (χ3v) is 5.01. The van der Waals surface area contributed by atoms with Gasteiger partial charge in [0.1, 0.15) is 6.07 Å². The lowest BCUT2D eigenvalue weighted by Crippen LogP contribution is -2.28. The van der Waals surface area contributed by atoms with Crippen molar-refractivity contribution in [3.05, 3.63) is 28.2 Å². The van der Waals surface area contributed by atoms with Crippen LogP contribution in [0.1, 0.15) is 31.2 Å². The SMILES string of the molecule is CSC1CCCC(Nc2ccc(Br)cc2C#N)C1. The first-order chi connectivity index (χ1) is 8.72. The van der Waals surface area contributed by atoms with Gasteiger partial charge in [-0.2, -0.15) is 17.0 Å². The fourth-order valence-corrected chi connectivity index (χ4v) is 3.63. The molecule has 1 aromatic rings. The van der Waals surface area contributed by atoms with Gasteiger partial charge in [0.05, 0.1) is 11.3 Å². The minimum Gasteiger partial charge on any atom is -0.381 e. The number of thioether (sulfide) groups is 1. The van der Waals surface area contributed by atoms with Crippen LogP contribution in [-0.2, 0) is 0 Å². The van der Waals surface area contributed by atoms with Gasteiger partial charge < -0.3 is 5.32 Å². The van der Waals surface area contributed by atoms with Crippen LogP contribution in [0.3, 0.4) is 0 Å². The highest BCUT2D eigenvalue weighted by molar-refractivity contribution is 9.10. The Labute approximate surface area is 121 Å². The van der Waals surface area contributed by atoms with Crippen molar-refractivity contribution >= 4 is 33.4 Å². The standard InChI is InChI=1S/C14H17BrN2S/c1-18-13-4-2-3-12(8-13)17-14-6-5-11(15)7-10(14)9-16/h5-7,12-13,17H,2-4,8H2,1H3. The highest BCUT2D eigenvalue weighted by atomic mass is 79.9. The molecule has 1 N–H and O–H groups in total. The number of nitriles is 1. The van der Waals surface area contributed by atoms with Gasteiger partial charge in [-0.25, -0.2) is 0 Å². The Bertz CT molecular complexity index is 456. The van der Waals surface area contributed by atoms with Crippen LogP contribution >= 0.6 is 27.7 Å². The number of nitrogens with zero attached hydrogens (tertiary/aromatic N) is 1. The number of rotatable bonds is 3. The van der Waals surface area contributed by atoms with E-state index < -0.39 is 0 Å². The second-order valence-electron chi connectivity index (χ2n) is 4.67. The molecule has 1 aliphatic rings. The van der Waals surface area contributed by atoms with E-state index in [1.54, 1.807) is 0 Å². The minimum atomic E-state index is 0.504. The fraction of sp³-hybridized carbons (Fsp3) is 0.500. The first kappa shape index (κ1) is 13.8. The second kappa shape index (κ2) is 6.49. The monoisotopic (exact) mass is 324 g/mol. The summed E-state index contributed by atoms with van der Waals surface area (Å²) in [6.07, 6.45) is 7.19. The van der Waals surface area contributed by atoms with E-state index in [4.69, 9.17) is 5.26 Å². The Kier molecular flexibility index (Phi) is 4.96. The van der Waals surface area contributed by atoms with Gasteiger partial charge in [-0.1, -0.05) is 22.4 Å². The van der Waals surface area contributed by atoms with Crippen LogP contribution in [0.5, 0.6) is 0 Å². The summed E-state index contributed by atoms with van der Waals surface area (Å²) in [6.45, 7) is 0. The Hall–Kier alpha value is -0.660. The molecular weight excluding hydrogens is 308 g/mol. The molecule has 2 nitrogen and oxygen atoms in total. The average Bonchev–Trinajstić information content (AvgIpc) is 2.41. The van der Waals surface area contributed by atoms with Gasteiger partial charge in [0, 0.05) is 15.8 Å². The Balaban J connectivity index is 2.07. The maximum Gasteiger partial charge on any atom is 0.101 e. The van der Waals surface area contributed by atoms with E-state index in [-0.39, 0.29) is 0 Å². The van der Waals surface area contributed by atoms with Crippen molar-refractivity contribution in [2.75, 3.05) is 11.6 Å². The number of halogens is 1. The summed E-state index contributed by atoms with van der Waals surface area (Å²) in [6, 6.07) is 8.61. The lowest BCUT2D eigenvalue weighted by atomic mass is 9.94. The highest BCUT2D eigenvalue weighted by Gasteiger charge is 2.21. The van der Waals surface area contributed by atoms with Gasteiger partial charge in [-0.15, -0.1) is 0 Å². The van der Waals surface area contributed by atoms with Crippen LogP contribution in [0.2, 0.25) is 0 Å². The molecule has 0 bridgehead atoms. The molecule has 1 aromatic carbocycles. The lowest BCUT2D eigenvalue weighted by Gasteiger charge is -2.29. The number of benzene rings is 1. The maximum absolute atomic E-state index is 9.16. The molecule has 18 heavy (non-hydrogen) atoms. The fourth-order valence-electron chi connectivity index (χ4n) is 2.44. The van der Waals surface area contributed by atoms with Gasteiger partial charge in [0.15, 0.2) is 0 Å². The number of hydrogen-bond donors (Lipinski definition) is 1. The molecule has 1 aliphatic carbocycles. The molecule has 2 atom stereocenters. The van der Waals surface area contributed by atoms with Crippen molar-refractivity contribution in [3.8, 4) is 6.07 Å². The lowest BCUT2D eigenvalue weighted by molar-refractivity contribution is 0.473. The van der Waals surface area contributed by atoms with Crippen molar-refractivity contribution in [2.45, 2.75) is 37.0 Å². The van der Waals surface area contributed by atoms with Crippen LogP contribution < -0.4 is 5.32 Å². The van der Waals surface area contributed by atoms with Crippen LogP contribution in [-0.4, -0.2) is 17.5 Å². The van der Waals surface area contributed by atoms with Crippen LogP contribution in [0, 0.1) is 11.3 Å². The minimum absolute atomic E-state index is 0.504. The third-order valence-electron chi connectivity index (χ3n) is 3.42. The Morgan fingerprint density at radius 3 is 3.00 bits per heavy atom. The van der Waals surface area contributed by atoms with E-state index >= 15 is 0 Å². The largest absolute Gasteiger partial charge is 0.381 e. The van der Waals surface area contributed by atoms with Gasteiger partial charge in [0.2, 0.25) is 0 Å². The predicted octanol–water partition coefficient (Wildman–Crippen LogP) is 4.41. The molecular formula is C14H17BrN2S. The van der Waals surface area contributed by atoms with Gasteiger partial charge >= 0.3 is 0 Å². The first-order valence-corrected chi connectivity index (χ1v) is 8.30. The van der Waals surface area contributed by atoms with E-state index in [0.29, 0.717) is 6.04 Å². The summed E-state index contributed by atoms with van der Waals surface area (Å²) < 4.78 is 0.954. The number of anilines is 1. The molecule has 96 valence electrons. The molecule has 1 fully saturated rings. The quantitative estimate of drug-likeness (QED) is 0.894. The molecule has 2 unspecified atom stereocenters. The van der Waals surface area contributed by atoms with E-state index in [1.807, 2.05) is 30.0 Å². The molecule has 4 heteroatoms. The Morgan fingerprint density at radius 1 is 1.44 bits per heavy atom. The average molecular weight is 325 g/mol. The second-order valence-corrected chi connectivity index (χ2v) is 6.72. The van der Waals surface area contributed by atoms with E-state index in [0.717, 1.165) is 21.0 Å². The van der Waals surface area contributed by atoms with Gasteiger partial charge in [0.25, 0.3) is 0 Å². The molecule has 0 spiro atoms. The molecule has 0 aromatic heterocycles. The van der Waals surface area contributed by atoms with Crippen molar-refractivity contribution in [3.63, 3.8) is 0 Å². The first-order valence-electron chi connectivity index (χ1n) is 6.22. The maximum atomic E-state index is 9.16. The van der Waals surface area contributed by atoms with Crippen molar-refractivity contribution < 1.29 is 0 Å². The molecule has 0 heterocycles. The Morgan fingerprint density at radius 2 is 2.28 bits per heavy atom.